The maximum Gasteiger partial charge on any atom is 0.372 e. The molecule has 0 spiro atoms. The second-order valence-electron chi connectivity index (χ2n) is 5.46. The molecule has 0 aromatic carbocycles. The summed E-state index contributed by atoms with van der Waals surface area (Å²) >= 11 is 1.44. The first-order chi connectivity index (χ1) is 11.1. The van der Waals surface area contributed by atoms with Crippen LogP contribution in [-0.4, -0.2) is 34.1 Å². The van der Waals surface area contributed by atoms with Gasteiger partial charge in [0.05, 0.1) is 5.39 Å². The van der Waals surface area contributed by atoms with Gasteiger partial charge in [-0.05, 0) is 44.3 Å². The molecule has 126 valence electrons. The van der Waals surface area contributed by atoms with Crippen LogP contribution in [0, 0.1) is 0 Å². The van der Waals surface area contributed by atoms with Crippen molar-refractivity contribution < 1.29 is 9.90 Å². The summed E-state index contributed by atoms with van der Waals surface area (Å²) in [5.74, 6) is -1.48. The molecule has 0 amide bonds. The average molecular weight is 337 g/mol. The van der Waals surface area contributed by atoms with Gasteiger partial charge in [-0.2, -0.15) is 0 Å². The summed E-state index contributed by atoms with van der Waals surface area (Å²) in [4.78, 5) is 30.5. The molecule has 0 fully saturated rings. The average Bonchev–Trinajstić information content (AvgIpc) is 3.08. The number of aromatic carboxylic acids is 1. The van der Waals surface area contributed by atoms with Gasteiger partial charge in [-0.1, -0.05) is 20.3 Å². The molecule has 0 saturated heterocycles. The van der Waals surface area contributed by atoms with Crippen LogP contribution in [0.1, 0.15) is 54.2 Å². The van der Waals surface area contributed by atoms with Crippen molar-refractivity contribution in [2.45, 2.75) is 46.0 Å². The predicted molar refractivity (Wildman–Crippen MR) is 92.7 cm³/mol. The van der Waals surface area contributed by atoms with Crippen LogP contribution in [0.15, 0.2) is 4.79 Å². The van der Waals surface area contributed by atoms with E-state index in [1.54, 1.807) is 0 Å². The van der Waals surface area contributed by atoms with Crippen LogP contribution in [0.2, 0.25) is 0 Å². The quantitative estimate of drug-likeness (QED) is 0.729. The molecule has 2 heterocycles. The number of H-pyrrole nitrogens is 1. The third kappa shape index (κ3) is 4.17. The number of aromatic amines is 1. The van der Waals surface area contributed by atoms with Crippen molar-refractivity contribution in [2.24, 2.45) is 0 Å². The zero-order valence-electron chi connectivity index (χ0n) is 13.6. The first kappa shape index (κ1) is 17.6. The normalized spacial score (nSPS) is 12.8. The van der Waals surface area contributed by atoms with Crippen molar-refractivity contribution >= 4 is 27.5 Å². The molecule has 0 saturated carbocycles. The summed E-state index contributed by atoms with van der Waals surface area (Å²) in [6.07, 6.45) is 5.54. The molecule has 23 heavy (non-hydrogen) atoms. The van der Waals surface area contributed by atoms with E-state index in [0.29, 0.717) is 10.2 Å². The number of carbonyl (C=O) groups is 1. The smallest absolute Gasteiger partial charge is 0.372 e. The van der Waals surface area contributed by atoms with Crippen LogP contribution in [0.3, 0.4) is 0 Å². The van der Waals surface area contributed by atoms with E-state index in [2.05, 4.69) is 29.1 Å². The third-order valence-corrected chi connectivity index (χ3v) is 4.92. The van der Waals surface area contributed by atoms with E-state index in [-0.39, 0.29) is 11.4 Å². The lowest BCUT2D eigenvalue weighted by Gasteiger charge is -1.95. The van der Waals surface area contributed by atoms with Gasteiger partial charge in [0.1, 0.15) is 4.83 Å². The Balaban J connectivity index is 0.000000236. The van der Waals surface area contributed by atoms with Crippen LogP contribution < -0.4 is 10.9 Å². The minimum atomic E-state index is -1.20. The molecule has 3 N–H and O–H groups in total. The van der Waals surface area contributed by atoms with Gasteiger partial charge in [0.25, 0.3) is 5.56 Å². The lowest BCUT2D eigenvalue weighted by molar-refractivity contribution is 0.0683. The maximum absolute atomic E-state index is 11.8. The first-order valence-corrected chi connectivity index (χ1v) is 8.88. The van der Waals surface area contributed by atoms with E-state index in [1.807, 2.05) is 0 Å². The summed E-state index contributed by atoms with van der Waals surface area (Å²) in [7, 11) is 0. The lowest BCUT2D eigenvalue weighted by atomic mass is 10.2. The molecule has 0 atom stereocenters. The standard InChI is InChI=1S/C10H8N2O3S.C6H15N/c13-8-6-4-2-1-3-5(4)16-9(6)12-7(11-8)10(14)15;1-3-5-6-7-4-2/h1-3H2,(H,14,15)(H,11,12,13);7H,3-6H2,1-2H3. The van der Waals surface area contributed by atoms with Crippen LogP contribution in [-0.2, 0) is 12.8 Å². The third-order valence-electron chi connectivity index (χ3n) is 3.73. The number of unbranched alkanes of at least 4 members (excludes halogenated alkanes) is 1. The monoisotopic (exact) mass is 337 g/mol. The highest BCUT2D eigenvalue weighted by molar-refractivity contribution is 7.18. The second kappa shape index (κ2) is 8.21. The number of fused-ring (bicyclic) bond motifs is 3. The molecule has 0 radical (unpaired) electrons. The summed E-state index contributed by atoms with van der Waals surface area (Å²) in [6, 6.07) is 0. The highest BCUT2D eigenvalue weighted by Gasteiger charge is 2.21. The number of nitrogens with one attached hydrogen (secondary N) is 2. The number of hydrogen-bond acceptors (Lipinski definition) is 5. The molecule has 7 heteroatoms. The van der Waals surface area contributed by atoms with Crippen LogP contribution in [0.5, 0.6) is 0 Å². The molecule has 0 bridgehead atoms. The van der Waals surface area contributed by atoms with Crippen LogP contribution in [0.25, 0.3) is 10.2 Å². The van der Waals surface area contributed by atoms with E-state index in [4.69, 9.17) is 5.11 Å². The molecule has 1 aliphatic carbocycles. The topological polar surface area (TPSA) is 95.1 Å². The van der Waals surface area contributed by atoms with Gasteiger partial charge in [-0.25, -0.2) is 9.78 Å². The van der Waals surface area contributed by atoms with Crippen molar-refractivity contribution in [3.63, 3.8) is 0 Å². The molecule has 2 aromatic rings. The fourth-order valence-corrected chi connectivity index (χ4v) is 3.84. The number of aryl methyl sites for hydroxylation is 2. The summed E-state index contributed by atoms with van der Waals surface area (Å²) in [5.41, 5.74) is 0.729. The van der Waals surface area contributed by atoms with Crippen LogP contribution in [0.4, 0.5) is 0 Å². The van der Waals surface area contributed by atoms with Crippen molar-refractivity contribution in [1.29, 1.82) is 0 Å². The van der Waals surface area contributed by atoms with Crippen molar-refractivity contribution in [1.82, 2.24) is 15.3 Å². The van der Waals surface area contributed by atoms with E-state index < -0.39 is 5.97 Å². The van der Waals surface area contributed by atoms with Gasteiger partial charge in [0.2, 0.25) is 5.82 Å². The number of carboxylic acids is 1. The van der Waals surface area contributed by atoms with E-state index in [1.165, 1.54) is 35.6 Å². The van der Waals surface area contributed by atoms with Gasteiger partial charge >= 0.3 is 5.97 Å². The van der Waals surface area contributed by atoms with E-state index in [9.17, 15) is 9.59 Å². The lowest BCUT2D eigenvalue weighted by Crippen LogP contribution is -2.15. The predicted octanol–water partition coefficient (Wildman–Crippen LogP) is 2.57. The van der Waals surface area contributed by atoms with E-state index in [0.717, 1.165) is 31.4 Å². The molecule has 0 unspecified atom stereocenters. The maximum atomic E-state index is 11.8. The molecule has 2 aromatic heterocycles. The first-order valence-electron chi connectivity index (χ1n) is 8.07. The van der Waals surface area contributed by atoms with Gasteiger partial charge in [-0.3, -0.25) is 4.79 Å². The Morgan fingerprint density at radius 1 is 1.39 bits per heavy atom. The Morgan fingerprint density at radius 2 is 2.17 bits per heavy atom. The Morgan fingerprint density at radius 3 is 2.83 bits per heavy atom. The Labute approximate surface area is 139 Å². The molecule has 1 aliphatic rings. The van der Waals surface area contributed by atoms with Gasteiger partial charge in [0.15, 0.2) is 0 Å². The highest BCUT2D eigenvalue weighted by atomic mass is 32.1. The fourth-order valence-electron chi connectivity index (χ4n) is 2.58. The zero-order valence-corrected chi connectivity index (χ0v) is 14.4. The minimum absolute atomic E-state index is 0.280. The van der Waals surface area contributed by atoms with Crippen molar-refractivity contribution in [3.05, 3.63) is 26.6 Å². The van der Waals surface area contributed by atoms with Gasteiger partial charge < -0.3 is 15.4 Å². The zero-order chi connectivity index (χ0) is 16.8. The summed E-state index contributed by atoms with van der Waals surface area (Å²) in [6.45, 7) is 6.64. The fraction of sp³-hybridized carbons (Fsp3) is 0.562. The number of carboxylic acid groups (broad SMARTS) is 1. The van der Waals surface area contributed by atoms with Crippen LogP contribution >= 0.6 is 11.3 Å². The Kier molecular flexibility index (Phi) is 6.29. The summed E-state index contributed by atoms with van der Waals surface area (Å²) < 4.78 is 0. The van der Waals surface area contributed by atoms with Crippen molar-refractivity contribution in [3.8, 4) is 0 Å². The molecule has 6 nitrogen and oxygen atoms in total. The molecular formula is C16H23N3O3S. The Hall–Kier alpha value is -1.73. The van der Waals surface area contributed by atoms with Crippen molar-refractivity contribution in [2.75, 3.05) is 13.1 Å². The number of nitrogens with zero attached hydrogens (tertiary/aromatic N) is 1. The number of aromatic nitrogens is 2. The van der Waals surface area contributed by atoms with E-state index >= 15 is 0 Å². The molecule has 0 aliphatic heterocycles. The second-order valence-corrected chi connectivity index (χ2v) is 6.55. The number of hydrogen-bond donors (Lipinski definition) is 3. The summed E-state index contributed by atoms with van der Waals surface area (Å²) in [5, 5.41) is 12.6. The largest absolute Gasteiger partial charge is 0.475 e. The highest BCUT2D eigenvalue weighted by Crippen LogP contribution is 2.34. The Bertz CT molecular complexity index is 732. The molecular weight excluding hydrogens is 314 g/mol. The molecule has 3 rings (SSSR count). The SMILES string of the molecule is CCCCNCC.O=C(O)c1nc2sc3c(c2c(=O)[nH]1)CCC3. The van der Waals surface area contributed by atoms with Gasteiger partial charge in [-0.15, -0.1) is 11.3 Å². The minimum Gasteiger partial charge on any atom is -0.475 e. The number of rotatable bonds is 5. The van der Waals surface area contributed by atoms with Gasteiger partial charge in [0, 0.05) is 4.88 Å². The number of thiophene rings is 1.